The van der Waals surface area contributed by atoms with Gasteiger partial charge in [0, 0.05) is 29.1 Å². The Kier molecular flexibility index (Phi) is 6.44. The van der Waals surface area contributed by atoms with Crippen LogP contribution in [0.1, 0.15) is 33.6 Å². The summed E-state index contributed by atoms with van der Waals surface area (Å²) in [5.41, 5.74) is 8.03. The summed E-state index contributed by atoms with van der Waals surface area (Å²) in [5, 5.41) is 10.2. The number of anilines is 1. The molecule has 4 N–H and O–H groups in total. The largest absolute Gasteiger partial charge is 0.335 e. The molecule has 4 aromatic rings. The molecule has 36 heavy (non-hydrogen) atoms. The predicted molar refractivity (Wildman–Crippen MR) is 136 cm³/mol. The average molecular weight is 481 g/mol. The van der Waals surface area contributed by atoms with Gasteiger partial charge in [0.1, 0.15) is 5.69 Å². The SMILES string of the molecule is O=C(Nc1cccc(C(=O)NNC(=O)c2cn(-c3ccccc3)nc2-c2ccccc2)c1)NC1CC1. The smallest absolute Gasteiger partial charge is 0.319 e. The van der Waals surface area contributed by atoms with Crippen LogP contribution >= 0.6 is 0 Å². The molecule has 4 amide bonds. The predicted octanol–water partition coefficient (Wildman–Crippen LogP) is 3.90. The lowest BCUT2D eigenvalue weighted by Gasteiger charge is -2.10. The highest BCUT2D eigenvalue weighted by Crippen LogP contribution is 2.23. The molecule has 1 fully saturated rings. The van der Waals surface area contributed by atoms with E-state index in [0.717, 1.165) is 24.1 Å². The van der Waals surface area contributed by atoms with Crippen LogP contribution in [0.2, 0.25) is 0 Å². The number of carbonyl (C=O) groups is 3. The number of carbonyl (C=O) groups excluding carboxylic acids is 3. The van der Waals surface area contributed by atoms with Gasteiger partial charge in [0.2, 0.25) is 0 Å². The Hall–Kier alpha value is -4.92. The number of hydrogen-bond donors (Lipinski definition) is 4. The zero-order valence-electron chi connectivity index (χ0n) is 19.3. The second-order valence-corrected chi connectivity index (χ2v) is 8.40. The molecular formula is C27H24N6O3. The van der Waals surface area contributed by atoms with E-state index in [0.29, 0.717) is 16.9 Å². The Bertz CT molecular complexity index is 1400. The fourth-order valence-corrected chi connectivity index (χ4v) is 3.63. The number of hydrogen-bond acceptors (Lipinski definition) is 4. The highest BCUT2D eigenvalue weighted by Gasteiger charge is 2.23. The Labute approximate surface area is 207 Å². The minimum absolute atomic E-state index is 0.221. The van der Waals surface area contributed by atoms with Gasteiger partial charge in [-0.25, -0.2) is 9.48 Å². The topological polar surface area (TPSA) is 117 Å². The van der Waals surface area contributed by atoms with Gasteiger partial charge >= 0.3 is 6.03 Å². The molecule has 0 atom stereocenters. The minimum Gasteiger partial charge on any atom is -0.335 e. The number of amides is 4. The quantitative estimate of drug-likeness (QED) is 0.313. The summed E-state index contributed by atoms with van der Waals surface area (Å²) in [4.78, 5) is 37.8. The number of aromatic nitrogens is 2. The first-order valence-corrected chi connectivity index (χ1v) is 11.6. The van der Waals surface area contributed by atoms with Gasteiger partial charge in [0.05, 0.1) is 11.3 Å². The van der Waals surface area contributed by atoms with Crippen molar-refractivity contribution >= 4 is 23.5 Å². The molecule has 9 heteroatoms. The van der Waals surface area contributed by atoms with Crippen LogP contribution in [0, 0.1) is 0 Å². The first-order valence-electron chi connectivity index (χ1n) is 11.6. The number of rotatable bonds is 6. The van der Waals surface area contributed by atoms with Crippen LogP contribution in [0.3, 0.4) is 0 Å². The summed E-state index contributed by atoms with van der Waals surface area (Å²) in [5.74, 6) is -1.03. The van der Waals surface area contributed by atoms with Crippen LogP contribution in [-0.2, 0) is 0 Å². The van der Waals surface area contributed by atoms with Crippen LogP contribution in [0.15, 0.2) is 91.1 Å². The van der Waals surface area contributed by atoms with Gasteiger partial charge in [0.15, 0.2) is 0 Å². The van der Waals surface area contributed by atoms with Gasteiger partial charge in [-0.05, 0) is 43.2 Å². The molecule has 0 radical (unpaired) electrons. The van der Waals surface area contributed by atoms with Gasteiger partial charge < -0.3 is 10.6 Å². The van der Waals surface area contributed by atoms with Crippen LogP contribution in [0.25, 0.3) is 16.9 Å². The van der Waals surface area contributed by atoms with E-state index in [4.69, 9.17) is 0 Å². The first kappa shape index (κ1) is 22.9. The molecule has 0 bridgehead atoms. The van der Waals surface area contributed by atoms with Crippen LogP contribution < -0.4 is 21.5 Å². The minimum atomic E-state index is -0.522. The van der Waals surface area contributed by atoms with Crippen molar-refractivity contribution in [3.8, 4) is 16.9 Å². The zero-order valence-corrected chi connectivity index (χ0v) is 19.3. The van der Waals surface area contributed by atoms with E-state index in [-0.39, 0.29) is 17.6 Å². The Morgan fingerprint density at radius 2 is 1.50 bits per heavy atom. The van der Waals surface area contributed by atoms with E-state index in [1.165, 1.54) is 6.07 Å². The monoisotopic (exact) mass is 480 g/mol. The van der Waals surface area contributed by atoms with E-state index in [1.807, 2.05) is 60.7 Å². The van der Waals surface area contributed by atoms with Gasteiger partial charge in [0.25, 0.3) is 11.8 Å². The molecular weight excluding hydrogens is 456 g/mol. The van der Waals surface area contributed by atoms with E-state index >= 15 is 0 Å². The normalized spacial score (nSPS) is 12.4. The number of benzene rings is 3. The van der Waals surface area contributed by atoms with E-state index in [1.54, 1.807) is 29.1 Å². The van der Waals surface area contributed by atoms with Crippen molar-refractivity contribution < 1.29 is 14.4 Å². The van der Waals surface area contributed by atoms with Gasteiger partial charge in [-0.3, -0.25) is 20.4 Å². The van der Waals surface area contributed by atoms with Crippen molar-refractivity contribution in [3.63, 3.8) is 0 Å². The fourth-order valence-electron chi connectivity index (χ4n) is 3.63. The zero-order chi connectivity index (χ0) is 24.9. The van der Waals surface area contributed by atoms with Crippen LogP contribution in [0.4, 0.5) is 10.5 Å². The summed E-state index contributed by atoms with van der Waals surface area (Å²) < 4.78 is 1.63. The number of nitrogens with one attached hydrogen (secondary N) is 4. The third kappa shape index (κ3) is 5.41. The first-order chi connectivity index (χ1) is 17.6. The maximum atomic E-state index is 13.1. The van der Waals surface area contributed by atoms with E-state index in [2.05, 4.69) is 26.6 Å². The molecule has 180 valence electrons. The van der Waals surface area contributed by atoms with Crippen LogP contribution in [-0.4, -0.2) is 33.7 Å². The Morgan fingerprint density at radius 1 is 0.806 bits per heavy atom. The van der Waals surface area contributed by atoms with Crippen molar-refractivity contribution in [2.45, 2.75) is 18.9 Å². The van der Waals surface area contributed by atoms with Crippen LogP contribution in [0.5, 0.6) is 0 Å². The summed E-state index contributed by atoms with van der Waals surface area (Å²) in [6, 6.07) is 25.2. The standard InChI is InChI=1S/C27H24N6O3/c34-25(19-10-7-11-21(16-19)29-27(36)28-20-14-15-20)30-31-26(35)23-17-33(22-12-5-2-6-13-22)32-24(23)18-8-3-1-4-9-18/h1-13,16-17,20H,14-15H2,(H,30,34)(H,31,35)(H2,28,29,36). The summed E-state index contributed by atoms with van der Waals surface area (Å²) >= 11 is 0. The third-order valence-corrected chi connectivity index (χ3v) is 5.61. The lowest BCUT2D eigenvalue weighted by Crippen LogP contribution is -2.41. The molecule has 0 aliphatic heterocycles. The molecule has 0 unspecified atom stereocenters. The van der Waals surface area contributed by atoms with Crippen molar-refractivity contribution in [1.29, 1.82) is 0 Å². The molecule has 0 saturated heterocycles. The lowest BCUT2D eigenvalue weighted by atomic mass is 10.1. The maximum absolute atomic E-state index is 13.1. The van der Waals surface area contributed by atoms with Crippen molar-refractivity contribution in [3.05, 3.63) is 102 Å². The highest BCUT2D eigenvalue weighted by molar-refractivity contribution is 6.02. The number of para-hydroxylation sites is 1. The van der Waals surface area contributed by atoms with Crippen molar-refractivity contribution in [2.75, 3.05) is 5.32 Å². The average Bonchev–Trinajstić information content (AvgIpc) is 3.61. The molecule has 1 aliphatic rings. The van der Waals surface area contributed by atoms with Gasteiger partial charge in [-0.1, -0.05) is 54.6 Å². The van der Waals surface area contributed by atoms with E-state index in [9.17, 15) is 14.4 Å². The molecule has 1 aliphatic carbocycles. The molecule has 5 rings (SSSR count). The lowest BCUT2D eigenvalue weighted by molar-refractivity contribution is 0.0847. The van der Waals surface area contributed by atoms with Gasteiger partial charge in [-0.2, -0.15) is 5.10 Å². The second-order valence-electron chi connectivity index (χ2n) is 8.40. The summed E-state index contributed by atoms with van der Waals surface area (Å²) in [6.45, 7) is 0. The van der Waals surface area contributed by atoms with E-state index < -0.39 is 11.8 Å². The molecule has 9 nitrogen and oxygen atoms in total. The number of nitrogens with zero attached hydrogens (tertiary/aromatic N) is 2. The summed E-state index contributed by atoms with van der Waals surface area (Å²) in [7, 11) is 0. The fraction of sp³-hybridized carbons (Fsp3) is 0.111. The highest BCUT2D eigenvalue weighted by atomic mass is 16.2. The summed E-state index contributed by atoms with van der Waals surface area (Å²) in [6.07, 6.45) is 3.58. The molecule has 1 saturated carbocycles. The number of urea groups is 1. The molecule has 1 heterocycles. The Morgan fingerprint density at radius 3 is 2.22 bits per heavy atom. The van der Waals surface area contributed by atoms with Crippen molar-refractivity contribution in [1.82, 2.24) is 25.9 Å². The molecule has 1 aromatic heterocycles. The second kappa shape index (κ2) is 10.1. The Balaban J connectivity index is 1.30. The maximum Gasteiger partial charge on any atom is 0.319 e. The van der Waals surface area contributed by atoms with Crippen molar-refractivity contribution in [2.24, 2.45) is 0 Å². The van der Waals surface area contributed by atoms with Gasteiger partial charge in [-0.15, -0.1) is 0 Å². The molecule has 0 spiro atoms. The number of hydrazine groups is 1. The third-order valence-electron chi connectivity index (χ3n) is 5.61. The molecule has 3 aromatic carbocycles.